The van der Waals surface area contributed by atoms with Crippen LogP contribution in [0.4, 0.5) is 0 Å². The van der Waals surface area contributed by atoms with E-state index in [1.807, 2.05) is 12.1 Å². The van der Waals surface area contributed by atoms with E-state index in [4.69, 9.17) is 4.42 Å². The van der Waals surface area contributed by atoms with Gasteiger partial charge in [-0.2, -0.15) is 0 Å². The van der Waals surface area contributed by atoms with Crippen LogP contribution in [0.3, 0.4) is 0 Å². The lowest BCUT2D eigenvalue weighted by Gasteiger charge is -2.08. The van der Waals surface area contributed by atoms with Gasteiger partial charge in [-0.1, -0.05) is 25.2 Å². The first-order valence-corrected chi connectivity index (χ1v) is 7.22. The van der Waals surface area contributed by atoms with E-state index in [-0.39, 0.29) is 6.04 Å². The van der Waals surface area contributed by atoms with Gasteiger partial charge in [-0.05, 0) is 32.0 Å². The Labute approximate surface area is 111 Å². The Kier molecular flexibility index (Phi) is 4.49. The van der Waals surface area contributed by atoms with E-state index in [0.29, 0.717) is 0 Å². The lowest BCUT2D eigenvalue weighted by Crippen LogP contribution is -2.18. The maximum Gasteiger partial charge on any atom is 0.183 e. The number of furan rings is 1. The van der Waals surface area contributed by atoms with Gasteiger partial charge in [-0.25, -0.2) is 0 Å². The SMILES string of the molecule is CCCNC(C)c1nnc(-c2ccc(CC)o2)s1. The molecule has 1 unspecified atom stereocenters. The summed E-state index contributed by atoms with van der Waals surface area (Å²) in [6.07, 6.45) is 2.02. The van der Waals surface area contributed by atoms with Crippen LogP contribution in [-0.2, 0) is 6.42 Å². The summed E-state index contributed by atoms with van der Waals surface area (Å²) in [6.45, 7) is 7.33. The molecule has 0 aromatic carbocycles. The summed E-state index contributed by atoms with van der Waals surface area (Å²) in [7, 11) is 0. The molecule has 0 amide bonds. The maximum absolute atomic E-state index is 5.68. The Balaban J connectivity index is 2.09. The summed E-state index contributed by atoms with van der Waals surface area (Å²) < 4.78 is 5.68. The highest BCUT2D eigenvalue weighted by molar-refractivity contribution is 7.14. The molecule has 2 aromatic rings. The van der Waals surface area contributed by atoms with Crippen molar-refractivity contribution >= 4 is 11.3 Å². The quantitative estimate of drug-likeness (QED) is 0.869. The zero-order valence-electron chi connectivity index (χ0n) is 11.1. The van der Waals surface area contributed by atoms with E-state index in [1.54, 1.807) is 11.3 Å². The van der Waals surface area contributed by atoms with Crippen molar-refractivity contribution in [2.75, 3.05) is 6.54 Å². The highest BCUT2D eigenvalue weighted by Gasteiger charge is 2.14. The van der Waals surface area contributed by atoms with Gasteiger partial charge >= 0.3 is 0 Å². The number of hydrogen-bond acceptors (Lipinski definition) is 5. The molecule has 1 atom stereocenters. The highest BCUT2D eigenvalue weighted by Crippen LogP contribution is 2.28. The van der Waals surface area contributed by atoms with Crippen molar-refractivity contribution in [3.05, 3.63) is 22.9 Å². The number of aromatic nitrogens is 2. The molecule has 5 heteroatoms. The molecule has 0 aliphatic rings. The molecule has 2 rings (SSSR count). The average Bonchev–Trinajstić information content (AvgIpc) is 3.03. The van der Waals surface area contributed by atoms with Gasteiger partial charge in [0.2, 0.25) is 0 Å². The second-order valence-corrected chi connectivity index (χ2v) is 5.25. The lowest BCUT2D eigenvalue weighted by atomic mass is 10.3. The lowest BCUT2D eigenvalue weighted by molar-refractivity contribution is 0.528. The van der Waals surface area contributed by atoms with Gasteiger partial charge in [0.1, 0.15) is 10.8 Å². The van der Waals surface area contributed by atoms with Crippen LogP contribution >= 0.6 is 11.3 Å². The number of nitrogens with one attached hydrogen (secondary N) is 1. The minimum atomic E-state index is 0.247. The number of hydrogen-bond donors (Lipinski definition) is 1. The molecule has 98 valence electrons. The molecule has 18 heavy (non-hydrogen) atoms. The summed E-state index contributed by atoms with van der Waals surface area (Å²) in [6, 6.07) is 4.21. The summed E-state index contributed by atoms with van der Waals surface area (Å²) in [4.78, 5) is 0. The fourth-order valence-corrected chi connectivity index (χ4v) is 2.47. The molecule has 0 saturated carbocycles. The molecule has 0 aliphatic carbocycles. The van der Waals surface area contributed by atoms with Crippen molar-refractivity contribution in [1.29, 1.82) is 0 Å². The van der Waals surface area contributed by atoms with E-state index in [9.17, 15) is 0 Å². The van der Waals surface area contributed by atoms with Crippen molar-refractivity contribution in [3.63, 3.8) is 0 Å². The van der Waals surface area contributed by atoms with Crippen LogP contribution in [-0.4, -0.2) is 16.7 Å². The van der Waals surface area contributed by atoms with Gasteiger partial charge in [0, 0.05) is 6.42 Å². The Morgan fingerprint density at radius 2 is 2.17 bits per heavy atom. The molecule has 0 radical (unpaired) electrons. The first kappa shape index (κ1) is 13.2. The summed E-state index contributed by atoms with van der Waals surface area (Å²) >= 11 is 1.59. The van der Waals surface area contributed by atoms with E-state index in [1.165, 1.54) is 0 Å². The zero-order chi connectivity index (χ0) is 13.0. The van der Waals surface area contributed by atoms with Crippen molar-refractivity contribution in [3.8, 4) is 10.8 Å². The third-order valence-electron chi connectivity index (χ3n) is 2.73. The molecule has 0 fully saturated rings. The molecule has 0 bridgehead atoms. The second-order valence-electron chi connectivity index (χ2n) is 4.24. The molecule has 0 saturated heterocycles. The Hall–Kier alpha value is -1.20. The molecular weight excluding hydrogens is 246 g/mol. The van der Waals surface area contributed by atoms with Gasteiger partial charge in [-0.3, -0.25) is 0 Å². The summed E-state index contributed by atoms with van der Waals surface area (Å²) in [5, 5.41) is 13.7. The first-order chi connectivity index (χ1) is 8.74. The average molecular weight is 265 g/mol. The van der Waals surface area contributed by atoms with E-state index >= 15 is 0 Å². The number of aryl methyl sites for hydroxylation is 1. The predicted octanol–water partition coefficient (Wildman–Crippen LogP) is 3.42. The van der Waals surface area contributed by atoms with Crippen LogP contribution in [0.1, 0.15) is 44.0 Å². The largest absolute Gasteiger partial charge is 0.459 e. The highest BCUT2D eigenvalue weighted by atomic mass is 32.1. The van der Waals surface area contributed by atoms with Gasteiger partial charge in [0.15, 0.2) is 10.8 Å². The Bertz CT molecular complexity index is 492. The number of rotatable bonds is 6. The maximum atomic E-state index is 5.68. The Morgan fingerprint density at radius 3 is 2.83 bits per heavy atom. The summed E-state index contributed by atoms with van der Waals surface area (Å²) in [5.41, 5.74) is 0. The smallest absolute Gasteiger partial charge is 0.183 e. The molecule has 2 aromatic heterocycles. The topological polar surface area (TPSA) is 51.0 Å². The second kappa shape index (κ2) is 6.11. The first-order valence-electron chi connectivity index (χ1n) is 6.40. The summed E-state index contributed by atoms with van der Waals surface area (Å²) in [5.74, 6) is 1.80. The fourth-order valence-electron chi connectivity index (χ4n) is 1.64. The van der Waals surface area contributed by atoms with Crippen molar-refractivity contribution in [2.24, 2.45) is 0 Å². The molecule has 0 aliphatic heterocycles. The Morgan fingerprint density at radius 1 is 1.33 bits per heavy atom. The molecule has 1 N–H and O–H groups in total. The van der Waals surface area contributed by atoms with Crippen LogP contribution in [0.15, 0.2) is 16.5 Å². The van der Waals surface area contributed by atoms with Crippen LogP contribution in [0.2, 0.25) is 0 Å². The zero-order valence-corrected chi connectivity index (χ0v) is 11.9. The normalized spacial score (nSPS) is 12.8. The van der Waals surface area contributed by atoms with Crippen LogP contribution in [0.5, 0.6) is 0 Å². The van der Waals surface area contributed by atoms with Gasteiger partial charge in [0.05, 0.1) is 6.04 Å². The van der Waals surface area contributed by atoms with Gasteiger partial charge in [0.25, 0.3) is 0 Å². The van der Waals surface area contributed by atoms with Crippen LogP contribution in [0, 0.1) is 0 Å². The third kappa shape index (κ3) is 2.97. The van der Waals surface area contributed by atoms with Gasteiger partial charge in [-0.15, -0.1) is 10.2 Å². The molecular formula is C13H19N3OS. The van der Waals surface area contributed by atoms with Crippen molar-refractivity contribution < 1.29 is 4.42 Å². The number of nitrogens with zero attached hydrogens (tertiary/aromatic N) is 2. The molecule has 2 heterocycles. The van der Waals surface area contributed by atoms with Crippen LogP contribution in [0.25, 0.3) is 10.8 Å². The van der Waals surface area contributed by atoms with E-state index in [2.05, 4.69) is 36.3 Å². The predicted molar refractivity (Wildman–Crippen MR) is 73.7 cm³/mol. The van der Waals surface area contributed by atoms with E-state index in [0.717, 1.165) is 40.9 Å². The van der Waals surface area contributed by atoms with Gasteiger partial charge < -0.3 is 9.73 Å². The van der Waals surface area contributed by atoms with Crippen molar-refractivity contribution in [2.45, 2.75) is 39.7 Å². The minimum absolute atomic E-state index is 0.247. The van der Waals surface area contributed by atoms with E-state index < -0.39 is 0 Å². The molecule has 0 spiro atoms. The third-order valence-corrected chi connectivity index (χ3v) is 3.85. The monoisotopic (exact) mass is 265 g/mol. The minimum Gasteiger partial charge on any atom is -0.459 e. The van der Waals surface area contributed by atoms with Crippen molar-refractivity contribution in [1.82, 2.24) is 15.5 Å². The van der Waals surface area contributed by atoms with Crippen LogP contribution < -0.4 is 5.32 Å². The fraction of sp³-hybridized carbons (Fsp3) is 0.538. The molecule has 4 nitrogen and oxygen atoms in total. The standard InChI is InChI=1S/C13H19N3OS/c1-4-8-14-9(3)12-15-16-13(18-12)11-7-6-10(5-2)17-11/h6-7,9,14H,4-5,8H2,1-3H3.